The van der Waals surface area contributed by atoms with E-state index in [1.807, 2.05) is 13.8 Å². The van der Waals surface area contributed by atoms with E-state index in [0.717, 1.165) is 0 Å². The number of likely N-dealkylation sites (N-methyl/N-ethyl adjacent to an activating group) is 1. The number of halogens is 4. The number of nitrogens with one attached hydrogen (secondary N) is 5. The van der Waals surface area contributed by atoms with E-state index < -0.39 is 94.9 Å². The fourth-order valence-electron chi connectivity index (χ4n) is 5.07. The van der Waals surface area contributed by atoms with Crippen LogP contribution in [0, 0.1) is 41.0 Å². The first-order valence-electron chi connectivity index (χ1n) is 16.5. The standard InChI is InChI=1S/C33H51F4N5O7.CH4/c1-9-11-18(30(46)40-19(12-15(3)4)21(43)14-22(44)42-28(17(7)8)33(49)38-10-2)39-31(47)20(13-16(5)6)41-32(48)23-24(34)26(36)29(45)27(37)25(23)35;/h15-21,28,43,45H,9-14H2,1-8H3,(H,38,49)(H,39,47)(H,40,46)(H,41,48)(H,42,44);1H4/t18-,19-,20-,21-,28-;/m0./s1. The van der Waals surface area contributed by atoms with Gasteiger partial charge >= 0.3 is 0 Å². The molecule has 1 aromatic carbocycles. The van der Waals surface area contributed by atoms with E-state index in [9.17, 15) is 51.7 Å². The Bertz CT molecular complexity index is 1300. The second kappa shape index (κ2) is 21.3. The summed E-state index contributed by atoms with van der Waals surface area (Å²) in [6.07, 6.45) is -1.22. The third kappa shape index (κ3) is 13.4. The molecule has 50 heavy (non-hydrogen) atoms. The van der Waals surface area contributed by atoms with Crippen molar-refractivity contribution in [1.29, 1.82) is 0 Å². The van der Waals surface area contributed by atoms with Crippen molar-refractivity contribution in [2.24, 2.45) is 17.8 Å². The van der Waals surface area contributed by atoms with E-state index in [0.29, 0.717) is 13.0 Å². The molecule has 286 valence electrons. The van der Waals surface area contributed by atoms with Gasteiger partial charge in [0.05, 0.1) is 18.6 Å². The van der Waals surface area contributed by atoms with Crippen molar-refractivity contribution in [3.8, 4) is 5.75 Å². The molecule has 0 saturated carbocycles. The van der Waals surface area contributed by atoms with Crippen LogP contribution in [-0.2, 0) is 19.2 Å². The topological polar surface area (TPSA) is 186 Å². The van der Waals surface area contributed by atoms with Crippen LogP contribution >= 0.6 is 0 Å². The smallest absolute Gasteiger partial charge is 0.258 e. The van der Waals surface area contributed by atoms with Crippen LogP contribution in [0.3, 0.4) is 0 Å². The zero-order valence-electron chi connectivity index (χ0n) is 29.3. The zero-order chi connectivity index (χ0) is 37.7. The van der Waals surface area contributed by atoms with Crippen LogP contribution in [-0.4, -0.2) is 76.6 Å². The van der Waals surface area contributed by atoms with Crippen LogP contribution in [0.5, 0.6) is 5.75 Å². The van der Waals surface area contributed by atoms with Gasteiger partial charge in [-0.05, 0) is 43.9 Å². The molecular formula is C34H55F4N5O7. The molecule has 0 aliphatic carbocycles. The molecule has 0 aliphatic heterocycles. The number of phenols is 1. The maximum atomic E-state index is 14.4. The number of amides is 5. The third-order valence-electron chi connectivity index (χ3n) is 7.54. The Morgan fingerprint density at radius 1 is 0.700 bits per heavy atom. The van der Waals surface area contributed by atoms with Gasteiger partial charge in [0.25, 0.3) is 5.91 Å². The molecule has 1 aromatic rings. The quantitative estimate of drug-likeness (QED) is 0.0841. The Morgan fingerprint density at radius 3 is 1.68 bits per heavy atom. The average Bonchev–Trinajstić information content (AvgIpc) is 3.00. The first kappa shape index (κ1) is 46.0. The monoisotopic (exact) mass is 721 g/mol. The first-order valence-corrected chi connectivity index (χ1v) is 16.5. The minimum Gasteiger partial charge on any atom is -0.503 e. The number of aromatic hydroxyl groups is 1. The van der Waals surface area contributed by atoms with Crippen molar-refractivity contribution in [2.45, 2.75) is 125 Å². The summed E-state index contributed by atoms with van der Waals surface area (Å²) in [5, 5.41) is 32.8. The lowest BCUT2D eigenvalue weighted by atomic mass is 9.95. The summed E-state index contributed by atoms with van der Waals surface area (Å²) < 4.78 is 56.6. The maximum absolute atomic E-state index is 14.4. The second-order valence-corrected chi connectivity index (χ2v) is 13.2. The van der Waals surface area contributed by atoms with Crippen LogP contribution in [0.4, 0.5) is 17.6 Å². The van der Waals surface area contributed by atoms with E-state index >= 15 is 0 Å². The van der Waals surface area contributed by atoms with Crippen LogP contribution in [0.25, 0.3) is 0 Å². The minimum absolute atomic E-state index is 0. The molecule has 0 saturated heterocycles. The number of rotatable bonds is 19. The molecular weight excluding hydrogens is 666 g/mol. The molecule has 1 rings (SSSR count). The summed E-state index contributed by atoms with van der Waals surface area (Å²) in [6.45, 7) is 14.3. The number of phenolic OH excluding ortho intramolecular Hbond substituents is 1. The molecule has 0 radical (unpaired) electrons. The van der Waals surface area contributed by atoms with Crippen molar-refractivity contribution in [3.63, 3.8) is 0 Å². The van der Waals surface area contributed by atoms with Crippen LogP contribution in [0.15, 0.2) is 0 Å². The average molecular weight is 722 g/mol. The Labute approximate surface area is 291 Å². The van der Waals surface area contributed by atoms with E-state index in [1.54, 1.807) is 41.5 Å². The molecule has 0 bridgehead atoms. The number of carbonyl (C=O) groups is 5. The SMILES string of the molecule is C.CCC[C@H](NC(=O)[C@H](CC(C)C)NC(=O)c1c(F)c(F)c(O)c(F)c1F)C(=O)N[C@@H](CC(C)C)[C@@H](O)CC(=O)N[C@H](C(=O)NCC)C(C)C. The van der Waals surface area contributed by atoms with Gasteiger partial charge in [-0.1, -0.05) is 62.3 Å². The number of benzene rings is 1. The van der Waals surface area contributed by atoms with Crippen LogP contribution in [0.2, 0.25) is 0 Å². The summed E-state index contributed by atoms with van der Waals surface area (Å²) in [4.78, 5) is 64.9. The molecule has 5 amide bonds. The van der Waals surface area contributed by atoms with Crippen LogP contribution in [0.1, 0.15) is 105 Å². The molecule has 12 nitrogen and oxygen atoms in total. The van der Waals surface area contributed by atoms with Gasteiger partial charge in [-0.25, -0.2) is 8.78 Å². The second-order valence-electron chi connectivity index (χ2n) is 13.2. The lowest BCUT2D eigenvalue weighted by Gasteiger charge is -2.29. The molecule has 0 aliphatic rings. The summed E-state index contributed by atoms with van der Waals surface area (Å²) in [6, 6.07) is -4.54. The van der Waals surface area contributed by atoms with Gasteiger partial charge in [0.15, 0.2) is 17.4 Å². The zero-order valence-corrected chi connectivity index (χ0v) is 29.3. The maximum Gasteiger partial charge on any atom is 0.258 e. The number of carbonyl (C=O) groups excluding carboxylic acids is 5. The molecule has 0 aromatic heterocycles. The van der Waals surface area contributed by atoms with Crippen LogP contribution < -0.4 is 26.6 Å². The molecule has 0 fully saturated rings. The summed E-state index contributed by atoms with van der Waals surface area (Å²) >= 11 is 0. The predicted octanol–water partition coefficient (Wildman–Crippen LogP) is 3.57. The van der Waals surface area contributed by atoms with Crippen molar-refractivity contribution in [1.82, 2.24) is 26.6 Å². The van der Waals surface area contributed by atoms with Crippen molar-refractivity contribution < 1.29 is 51.7 Å². The highest BCUT2D eigenvalue weighted by atomic mass is 19.2. The minimum atomic E-state index is -2.19. The lowest BCUT2D eigenvalue weighted by molar-refractivity contribution is -0.132. The Hall–Kier alpha value is -3.95. The summed E-state index contributed by atoms with van der Waals surface area (Å²) in [5.41, 5.74) is -1.68. The molecule has 5 atom stereocenters. The molecule has 0 spiro atoms. The number of aliphatic hydroxyl groups excluding tert-OH is 1. The molecule has 16 heteroatoms. The fraction of sp³-hybridized carbons (Fsp3) is 0.676. The highest BCUT2D eigenvalue weighted by Crippen LogP contribution is 2.29. The lowest BCUT2D eigenvalue weighted by Crippen LogP contribution is -2.57. The van der Waals surface area contributed by atoms with Gasteiger partial charge in [-0.15, -0.1) is 0 Å². The molecule has 7 N–H and O–H groups in total. The van der Waals surface area contributed by atoms with Gasteiger partial charge in [0, 0.05) is 6.54 Å². The molecule has 0 heterocycles. The van der Waals surface area contributed by atoms with Gasteiger partial charge in [-0.2, -0.15) is 8.78 Å². The Balaban J connectivity index is 0.0000240. The summed E-state index contributed by atoms with van der Waals surface area (Å²) in [5.74, 6) is -15.6. The number of aliphatic hydroxyl groups is 1. The summed E-state index contributed by atoms with van der Waals surface area (Å²) in [7, 11) is 0. The van der Waals surface area contributed by atoms with Gasteiger partial charge < -0.3 is 36.8 Å². The Kier molecular flexibility index (Phi) is 19.6. The number of hydrogen-bond acceptors (Lipinski definition) is 7. The largest absolute Gasteiger partial charge is 0.503 e. The van der Waals surface area contributed by atoms with Crippen molar-refractivity contribution >= 4 is 29.5 Å². The predicted molar refractivity (Wildman–Crippen MR) is 180 cm³/mol. The highest BCUT2D eigenvalue weighted by Gasteiger charge is 2.34. The van der Waals surface area contributed by atoms with E-state index in [-0.39, 0.29) is 50.4 Å². The highest BCUT2D eigenvalue weighted by molar-refractivity contribution is 5.99. The normalized spacial score (nSPS) is 14.2. The fourth-order valence-corrected chi connectivity index (χ4v) is 5.07. The van der Waals surface area contributed by atoms with Gasteiger partial charge in [0.2, 0.25) is 35.3 Å². The Morgan fingerprint density at radius 2 is 1.22 bits per heavy atom. The van der Waals surface area contributed by atoms with E-state index in [4.69, 9.17) is 0 Å². The first-order chi connectivity index (χ1) is 22.8. The number of hydrogen-bond donors (Lipinski definition) is 7. The van der Waals surface area contributed by atoms with Crippen molar-refractivity contribution in [3.05, 3.63) is 28.8 Å². The van der Waals surface area contributed by atoms with E-state index in [1.165, 1.54) is 0 Å². The van der Waals surface area contributed by atoms with Gasteiger partial charge in [-0.3, -0.25) is 24.0 Å². The molecule has 0 unspecified atom stereocenters. The van der Waals surface area contributed by atoms with Crippen molar-refractivity contribution in [2.75, 3.05) is 6.54 Å². The third-order valence-corrected chi connectivity index (χ3v) is 7.54. The van der Waals surface area contributed by atoms with E-state index in [2.05, 4.69) is 26.6 Å². The van der Waals surface area contributed by atoms with Gasteiger partial charge in [0.1, 0.15) is 23.7 Å².